The number of pyridine rings is 2. The summed E-state index contributed by atoms with van der Waals surface area (Å²) in [4.78, 5) is 34.1. The summed E-state index contributed by atoms with van der Waals surface area (Å²) in [6, 6.07) is 4.14. The second-order valence-corrected chi connectivity index (χ2v) is 11.4. The number of alkyl halides is 3. The lowest BCUT2D eigenvalue weighted by Gasteiger charge is -2.30. The van der Waals surface area contributed by atoms with Crippen molar-refractivity contribution in [3.05, 3.63) is 63.3 Å². The first-order chi connectivity index (χ1) is 18.7. The molecule has 8 nitrogen and oxygen atoms in total. The van der Waals surface area contributed by atoms with E-state index in [9.17, 15) is 22.8 Å². The van der Waals surface area contributed by atoms with Gasteiger partial charge in [-0.1, -0.05) is 0 Å². The molecule has 2 aromatic rings. The number of aryl methyl sites for hydroxylation is 1. The molecule has 3 unspecified atom stereocenters. The Balaban J connectivity index is 1.12. The van der Waals surface area contributed by atoms with E-state index < -0.39 is 17.3 Å². The van der Waals surface area contributed by atoms with E-state index in [2.05, 4.69) is 21.3 Å². The van der Waals surface area contributed by atoms with Crippen molar-refractivity contribution in [1.29, 1.82) is 0 Å². The molecule has 1 aliphatic carbocycles. The molecule has 4 atom stereocenters. The number of ether oxygens (including phenoxy) is 1. The van der Waals surface area contributed by atoms with Gasteiger partial charge in [0.1, 0.15) is 0 Å². The molecule has 2 aromatic heterocycles. The van der Waals surface area contributed by atoms with Crippen LogP contribution < -0.4 is 10.9 Å². The molecule has 2 fully saturated rings. The molecule has 5 heterocycles. The standard InChI is InChI=1S/C28H34F3N5O3/c29-28(30,31)21-10-23-14-34(6-7-36(23)27(38)11-21)16-26(37)33-25-15-35(22-4-8-39-17-22)13-20(25)9-19-2-1-18-3-5-32-12-24(18)19/h3,5,10-12,19-20,22,25H,1-2,4,6-9,13-17H2,(H,33,37)/t19?,20-,22?,25?/m0/s1. The molecule has 3 aliphatic heterocycles. The average molecular weight is 546 g/mol. The summed E-state index contributed by atoms with van der Waals surface area (Å²) in [6.07, 6.45) is 3.38. The van der Waals surface area contributed by atoms with E-state index in [1.54, 1.807) is 0 Å². The Morgan fingerprint density at radius 1 is 1.18 bits per heavy atom. The van der Waals surface area contributed by atoms with Gasteiger partial charge in [-0.25, -0.2) is 0 Å². The van der Waals surface area contributed by atoms with Gasteiger partial charge in [0.05, 0.1) is 18.7 Å². The number of fused-ring (bicyclic) bond motifs is 2. The van der Waals surface area contributed by atoms with E-state index in [1.807, 2.05) is 17.3 Å². The first kappa shape index (κ1) is 26.5. The predicted octanol–water partition coefficient (Wildman–Crippen LogP) is 2.40. The lowest BCUT2D eigenvalue weighted by molar-refractivity contribution is -0.138. The zero-order valence-electron chi connectivity index (χ0n) is 21.8. The van der Waals surface area contributed by atoms with Crippen LogP contribution >= 0.6 is 0 Å². The predicted molar refractivity (Wildman–Crippen MR) is 137 cm³/mol. The maximum absolute atomic E-state index is 13.2. The van der Waals surface area contributed by atoms with E-state index in [0.717, 1.165) is 58.1 Å². The molecule has 39 heavy (non-hydrogen) atoms. The summed E-state index contributed by atoms with van der Waals surface area (Å²) in [5.74, 6) is 0.587. The zero-order valence-corrected chi connectivity index (χ0v) is 21.8. The Hall–Kier alpha value is -2.76. The molecule has 1 amide bonds. The van der Waals surface area contributed by atoms with Gasteiger partial charge < -0.3 is 14.6 Å². The highest BCUT2D eigenvalue weighted by Gasteiger charge is 2.40. The van der Waals surface area contributed by atoms with Gasteiger partial charge in [0.15, 0.2) is 0 Å². The fourth-order valence-corrected chi connectivity index (χ4v) is 6.88. The number of nitrogens with one attached hydrogen (secondary N) is 1. The van der Waals surface area contributed by atoms with Crippen molar-refractivity contribution >= 4 is 5.91 Å². The third kappa shape index (κ3) is 5.62. The van der Waals surface area contributed by atoms with Gasteiger partial charge in [0, 0.05) is 75.6 Å². The van der Waals surface area contributed by atoms with Crippen LogP contribution in [0, 0.1) is 5.92 Å². The van der Waals surface area contributed by atoms with Crippen molar-refractivity contribution in [3.8, 4) is 0 Å². The van der Waals surface area contributed by atoms with Crippen LogP contribution in [-0.2, 0) is 35.2 Å². The number of hydrogen-bond acceptors (Lipinski definition) is 6. The fraction of sp³-hybridized carbons (Fsp3) is 0.607. The van der Waals surface area contributed by atoms with Gasteiger partial charge in [-0.2, -0.15) is 13.2 Å². The molecular weight excluding hydrogens is 511 g/mol. The summed E-state index contributed by atoms with van der Waals surface area (Å²) >= 11 is 0. The molecule has 11 heteroatoms. The number of carbonyl (C=O) groups is 1. The van der Waals surface area contributed by atoms with Crippen LogP contribution in [0.4, 0.5) is 13.2 Å². The molecule has 0 spiro atoms. The summed E-state index contributed by atoms with van der Waals surface area (Å²) in [5, 5.41) is 3.27. The molecule has 0 aromatic carbocycles. The van der Waals surface area contributed by atoms with E-state index in [1.165, 1.54) is 15.7 Å². The number of halogens is 3. The summed E-state index contributed by atoms with van der Waals surface area (Å²) < 4.78 is 46.7. The topological polar surface area (TPSA) is 79.7 Å². The quantitative estimate of drug-likeness (QED) is 0.601. The van der Waals surface area contributed by atoms with Crippen LogP contribution in [0.15, 0.2) is 35.4 Å². The Morgan fingerprint density at radius 3 is 2.85 bits per heavy atom. The lowest BCUT2D eigenvalue weighted by Crippen LogP contribution is -2.48. The first-order valence-corrected chi connectivity index (χ1v) is 13.8. The first-order valence-electron chi connectivity index (χ1n) is 13.8. The van der Waals surface area contributed by atoms with E-state index in [-0.39, 0.29) is 37.3 Å². The van der Waals surface area contributed by atoms with Crippen molar-refractivity contribution in [1.82, 2.24) is 24.7 Å². The van der Waals surface area contributed by atoms with Crippen molar-refractivity contribution in [2.75, 3.05) is 39.4 Å². The van der Waals surface area contributed by atoms with Crippen LogP contribution in [0.1, 0.15) is 47.6 Å². The minimum Gasteiger partial charge on any atom is -0.380 e. The number of aromatic nitrogens is 2. The summed E-state index contributed by atoms with van der Waals surface area (Å²) in [6.45, 7) is 4.05. The van der Waals surface area contributed by atoms with Crippen LogP contribution in [0.2, 0.25) is 0 Å². The Kier molecular flexibility index (Phi) is 7.24. The van der Waals surface area contributed by atoms with Gasteiger partial charge >= 0.3 is 6.18 Å². The summed E-state index contributed by atoms with van der Waals surface area (Å²) in [5.41, 5.74) is 1.38. The normalized spacial score (nSPS) is 27.5. The van der Waals surface area contributed by atoms with E-state index in [4.69, 9.17) is 4.74 Å². The van der Waals surface area contributed by atoms with Crippen LogP contribution in [0.5, 0.6) is 0 Å². The second-order valence-electron chi connectivity index (χ2n) is 11.4. The van der Waals surface area contributed by atoms with Gasteiger partial charge in [0.2, 0.25) is 5.91 Å². The minimum absolute atomic E-state index is 0.00431. The molecule has 210 valence electrons. The maximum Gasteiger partial charge on any atom is 0.416 e. The van der Waals surface area contributed by atoms with Crippen LogP contribution in [-0.4, -0.2) is 76.7 Å². The summed E-state index contributed by atoms with van der Waals surface area (Å²) in [7, 11) is 0. The molecule has 6 rings (SSSR count). The van der Waals surface area contributed by atoms with Crippen molar-refractivity contribution in [2.24, 2.45) is 5.92 Å². The molecule has 0 radical (unpaired) electrons. The van der Waals surface area contributed by atoms with Gasteiger partial charge in [0.25, 0.3) is 5.56 Å². The Morgan fingerprint density at radius 2 is 2.05 bits per heavy atom. The minimum atomic E-state index is -4.59. The SMILES string of the molecule is O=C(CN1CCn2c(cc(C(F)(F)F)cc2=O)C1)NC1CN(C2CCOC2)C[C@@H]1CC1CCc2ccncc21. The monoisotopic (exact) mass is 545 g/mol. The van der Waals surface area contributed by atoms with Crippen molar-refractivity contribution < 1.29 is 22.7 Å². The zero-order chi connectivity index (χ0) is 27.1. The molecular formula is C28H34F3N5O3. The van der Waals surface area contributed by atoms with Gasteiger partial charge in [-0.3, -0.25) is 24.4 Å². The van der Waals surface area contributed by atoms with Crippen LogP contribution in [0.25, 0.3) is 0 Å². The molecule has 4 aliphatic rings. The van der Waals surface area contributed by atoms with Gasteiger partial charge in [-0.15, -0.1) is 0 Å². The average Bonchev–Trinajstić information content (AvgIpc) is 3.65. The second kappa shape index (κ2) is 10.7. The molecule has 0 saturated carbocycles. The van der Waals surface area contributed by atoms with Crippen molar-refractivity contribution in [3.63, 3.8) is 0 Å². The van der Waals surface area contributed by atoms with E-state index in [0.29, 0.717) is 30.5 Å². The maximum atomic E-state index is 13.2. The number of likely N-dealkylation sites (tertiary alicyclic amines) is 1. The number of carbonyl (C=O) groups excluding carboxylic acids is 1. The van der Waals surface area contributed by atoms with Gasteiger partial charge in [-0.05, 0) is 60.8 Å². The largest absolute Gasteiger partial charge is 0.416 e. The van der Waals surface area contributed by atoms with Crippen molar-refractivity contribution in [2.45, 2.75) is 63.0 Å². The Bertz CT molecular complexity index is 1280. The third-order valence-corrected chi connectivity index (χ3v) is 8.91. The third-order valence-electron chi connectivity index (χ3n) is 8.91. The number of hydrogen-bond donors (Lipinski definition) is 1. The molecule has 2 saturated heterocycles. The number of amides is 1. The lowest BCUT2D eigenvalue weighted by atomic mass is 9.88. The fourth-order valence-electron chi connectivity index (χ4n) is 6.88. The van der Waals surface area contributed by atoms with Crippen LogP contribution in [0.3, 0.4) is 0 Å². The van der Waals surface area contributed by atoms with E-state index >= 15 is 0 Å². The number of nitrogens with zero attached hydrogens (tertiary/aromatic N) is 4. The smallest absolute Gasteiger partial charge is 0.380 e. The highest BCUT2D eigenvalue weighted by molar-refractivity contribution is 5.78. The highest BCUT2D eigenvalue weighted by atomic mass is 19.4. The molecule has 1 N–H and O–H groups in total. The Labute approximate surface area is 225 Å². The highest BCUT2D eigenvalue weighted by Crippen LogP contribution is 2.39. The number of rotatable bonds is 6. The molecule has 0 bridgehead atoms.